The van der Waals surface area contributed by atoms with Gasteiger partial charge in [-0.05, 0) is 127 Å². The molecule has 0 unspecified atom stereocenters. The van der Waals surface area contributed by atoms with Crippen LogP contribution in [0.1, 0.15) is 0 Å². The molecule has 60 heavy (non-hydrogen) atoms. The summed E-state index contributed by atoms with van der Waals surface area (Å²) in [6.45, 7) is 0. The lowest BCUT2D eigenvalue weighted by Crippen LogP contribution is -2.10. The molecule has 11 rings (SSSR count). The summed E-state index contributed by atoms with van der Waals surface area (Å²) in [7, 11) is 0. The zero-order chi connectivity index (χ0) is 39.8. The third-order valence-electron chi connectivity index (χ3n) is 11.7. The summed E-state index contributed by atoms with van der Waals surface area (Å²) in [5.41, 5.74) is 14.7. The van der Waals surface area contributed by atoms with E-state index >= 15 is 0 Å². The number of rotatable bonds is 8. The number of benzene rings is 10. The van der Waals surface area contributed by atoms with E-state index in [-0.39, 0.29) is 0 Å². The first-order valence-corrected chi connectivity index (χ1v) is 20.5. The molecule has 0 N–H and O–H groups in total. The summed E-state index contributed by atoms with van der Waals surface area (Å²) in [4.78, 5) is 2.36. The maximum Gasteiger partial charge on any atom is 0.135 e. The number of anilines is 3. The van der Waals surface area contributed by atoms with E-state index in [0.29, 0.717) is 0 Å². The summed E-state index contributed by atoms with van der Waals surface area (Å²) < 4.78 is 6.18. The van der Waals surface area contributed by atoms with Gasteiger partial charge in [0.1, 0.15) is 11.3 Å². The number of nitrogens with zero attached hydrogens (tertiary/aromatic N) is 1. The smallest absolute Gasteiger partial charge is 0.135 e. The molecule has 0 aliphatic heterocycles. The van der Waals surface area contributed by atoms with Crippen LogP contribution in [0.3, 0.4) is 0 Å². The van der Waals surface area contributed by atoms with E-state index in [9.17, 15) is 0 Å². The molecule has 0 aliphatic carbocycles. The largest absolute Gasteiger partial charge is 0.456 e. The van der Waals surface area contributed by atoms with Gasteiger partial charge in [-0.25, -0.2) is 0 Å². The highest BCUT2D eigenvalue weighted by atomic mass is 16.3. The third-order valence-corrected chi connectivity index (χ3v) is 11.7. The molecule has 10 aromatic carbocycles. The lowest BCUT2D eigenvalue weighted by Gasteiger charge is -2.26. The Morgan fingerprint density at radius 1 is 0.267 bits per heavy atom. The zero-order valence-corrected chi connectivity index (χ0v) is 32.9. The van der Waals surface area contributed by atoms with E-state index in [1.807, 2.05) is 18.2 Å². The molecule has 282 valence electrons. The van der Waals surface area contributed by atoms with Crippen molar-refractivity contribution in [2.45, 2.75) is 0 Å². The van der Waals surface area contributed by atoms with Gasteiger partial charge in [-0.2, -0.15) is 0 Å². The minimum Gasteiger partial charge on any atom is -0.456 e. The zero-order valence-electron chi connectivity index (χ0n) is 32.9. The standard InChI is InChI=1S/C58H39NO/c1-2-12-40(13-3-1)46-17-11-19-52(37-46)59(51-34-30-44(31-35-51)56-38-47-14-4-6-20-53(47)54-21-7-8-22-55(54)56)50-32-28-42(29-33-50)41-24-26-43(27-25-41)45-16-10-18-48(36-45)58-39-49-15-5-9-23-57(49)60-58/h1-39H. The van der Waals surface area contributed by atoms with Gasteiger partial charge >= 0.3 is 0 Å². The highest BCUT2D eigenvalue weighted by Crippen LogP contribution is 2.41. The van der Waals surface area contributed by atoms with E-state index in [0.717, 1.165) is 56.0 Å². The van der Waals surface area contributed by atoms with Gasteiger partial charge in [0.2, 0.25) is 0 Å². The average molecular weight is 766 g/mol. The third kappa shape index (κ3) is 6.61. The second-order valence-electron chi connectivity index (χ2n) is 15.3. The van der Waals surface area contributed by atoms with E-state index in [2.05, 4.69) is 223 Å². The first-order chi connectivity index (χ1) is 29.7. The monoisotopic (exact) mass is 765 g/mol. The molecule has 2 heteroatoms. The summed E-state index contributed by atoms with van der Waals surface area (Å²) in [6.07, 6.45) is 0. The van der Waals surface area contributed by atoms with E-state index < -0.39 is 0 Å². The van der Waals surface area contributed by atoms with Crippen LogP contribution < -0.4 is 4.90 Å². The van der Waals surface area contributed by atoms with E-state index in [1.165, 1.54) is 49.4 Å². The van der Waals surface area contributed by atoms with Gasteiger partial charge in [0, 0.05) is 28.0 Å². The van der Waals surface area contributed by atoms with Crippen LogP contribution in [0.15, 0.2) is 241 Å². The van der Waals surface area contributed by atoms with Crippen molar-refractivity contribution in [3.05, 3.63) is 237 Å². The SMILES string of the molecule is c1ccc(-c2cccc(N(c3ccc(-c4ccc(-c5cccc(-c6cc7ccccc7o6)c5)cc4)cc3)c3ccc(-c4cc5ccccc5c5ccccc45)cc3)c2)cc1. The summed E-state index contributed by atoms with van der Waals surface area (Å²) in [5, 5.41) is 6.17. The summed E-state index contributed by atoms with van der Waals surface area (Å²) >= 11 is 0. The molecule has 0 bridgehead atoms. The van der Waals surface area contributed by atoms with Crippen LogP contribution in [0.4, 0.5) is 17.1 Å². The topological polar surface area (TPSA) is 16.4 Å². The van der Waals surface area contributed by atoms with E-state index in [1.54, 1.807) is 0 Å². The maximum absolute atomic E-state index is 6.18. The normalized spacial score (nSPS) is 11.3. The Balaban J connectivity index is 0.926. The number of hydrogen-bond acceptors (Lipinski definition) is 2. The predicted octanol–water partition coefficient (Wildman–Crippen LogP) is 16.5. The molecule has 0 spiro atoms. The molecule has 1 aromatic heterocycles. The molecule has 0 saturated heterocycles. The Morgan fingerprint density at radius 2 is 0.767 bits per heavy atom. The van der Waals surface area contributed by atoms with Crippen LogP contribution in [0.2, 0.25) is 0 Å². The van der Waals surface area contributed by atoms with Crippen LogP contribution in [0, 0.1) is 0 Å². The Labute approximate surface area is 349 Å². The van der Waals surface area contributed by atoms with Crippen molar-refractivity contribution in [1.29, 1.82) is 0 Å². The Morgan fingerprint density at radius 3 is 1.48 bits per heavy atom. The van der Waals surface area contributed by atoms with Crippen molar-refractivity contribution in [2.75, 3.05) is 4.90 Å². The van der Waals surface area contributed by atoms with Crippen LogP contribution in [-0.4, -0.2) is 0 Å². The second kappa shape index (κ2) is 15.1. The van der Waals surface area contributed by atoms with Crippen molar-refractivity contribution in [3.63, 3.8) is 0 Å². The van der Waals surface area contributed by atoms with Gasteiger partial charge in [0.25, 0.3) is 0 Å². The van der Waals surface area contributed by atoms with Crippen LogP contribution in [-0.2, 0) is 0 Å². The summed E-state index contributed by atoms with van der Waals surface area (Å²) in [6, 6.07) is 84.9. The first-order valence-electron chi connectivity index (χ1n) is 20.5. The Hall–Kier alpha value is -7.94. The van der Waals surface area contributed by atoms with Gasteiger partial charge in [0.05, 0.1) is 0 Å². The van der Waals surface area contributed by atoms with Gasteiger partial charge in [-0.3, -0.25) is 0 Å². The van der Waals surface area contributed by atoms with Gasteiger partial charge in [0.15, 0.2) is 0 Å². The number of hydrogen-bond donors (Lipinski definition) is 0. The molecule has 11 aromatic rings. The molecular weight excluding hydrogens is 727 g/mol. The minimum absolute atomic E-state index is 0.880. The molecule has 2 nitrogen and oxygen atoms in total. The number of furan rings is 1. The number of para-hydroxylation sites is 1. The molecule has 0 amide bonds. The molecule has 0 atom stereocenters. The van der Waals surface area contributed by atoms with E-state index in [4.69, 9.17) is 4.42 Å². The van der Waals surface area contributed by atoms with Crippen LogP contribution in [0.5, 0.6) is 0 Å². The molecule has 0 saturated carbocycles. The summed E-state index contributed by atoms with van der Waals surface area (Å²) in [5.74, 6) is 0.880. The van der Waals surface area contributed by atoms with Crippen LogP contribution in [0.25, 0.3) is 88.3 Å². The Kier molecular flexibility index (Phi) is 8.87. The van der Waals surface area contributed by atoms with Crippen molar-refractivity contribution in [3.8, 4) is 55.8 Å². The van der Waals surface area contributed by atoms with Crippen LogP contribution >= 0.6 is 0 Å². The van der Waals surface area contributed by atoms with Gasteiger partial charge in [-0.1, -0.05) is 176 Å². The minimum atomic E-state index is 0.880. The van der Waals surface area contributed by atoms with Crippen molar-refractivity contribution >= 4 is 49.6 Å². The first kappa shape index (κ1) is 35.2. The highest BCUT2D eigenvalue weighted by molar-refractivity contribution is 6.13. The fraction of sp³-hybridized carbons (Fsp3) is 0. The second-order valence-corrected chi connectivity index (χ2v) is 15.3. The molecule has 0 aliphatic rings. The molecule has 0 radical (unpaired) electrons. The average Bonchev–Trinajstić information content (AvgIpc) is 3.77. The molecule has 1 heterocycles. The highest BCUT2D eigenvalue weighted by Gasteiger charge is 2.16. The number of fused-ring (bicyclic) bond motifs is 4. The van der Waals surface area contributed by atoms with Gasteiger partial charge < -0.3 is 9.32 Å². The van der Waals surface area contributed by atoms with Gasteiger partial charge in [-0.15, -0.1) is 0 Å². The molecule has 0 fully saturated rings. The quantitative estimate of drug-likeness (QED) is 0.143. The van der Waals surface area contributed by atoms with Crippen molar-refractivity contribution in [1.82, 2.24) is 0 Å². The lowest BCUT2D eigenvalue weighted by atomic mass is 9.93. The fourth-order valence-corrected chi connectivity index (χ4v) is 8.62. The fourth-order valence-electron chi connectivity index (χ4n) is 8.62. The maximum atomic E-state index is 6.18. The molecular formula is C58H39NO. The predicted molar refractivity (Wildman–Crippen MR) is 253 cm³/mol. The van der Waals surface area contributed by atoms with Crippen molar-refractivity contribution < 1.29 is 4.42 Å². The van der Waals surface area contributed by atoms with Crippen molar-refractivity contribution in [2.24, 2.45) is 0 Å². The lowest BCUT2D eigenvalue weighted by molar-refractivity contribution is 0.631. The Bertz CT molecular complexity index is 3260.